The molecule has 0 saturated carbocycles. The molecule has 0 aliphatic carbocycles. The highest BCUT2D eigenvalue weighted by atomic mass is 79.9. The van der Waals surface area contributed by atoms with E-state index in [1.807, 2.05) is 0 Å². The minimum atomic E-state index is -0.478. The molecule has 0 amide bonds. The number of alkyl halides is 1. The molecule has 1 aromatic rings. The highest BCUT2D eigenvalue weighted by Gasteiger charge is 2.12. The van der Waals surface area contributed by atoms with Crippen LogP contribution in [0.15, 0.2) is 18.2 Å². The SMILES string of the molecule is CCCC(CBr)COc1ccc([N+](=O)[O-])cc1Cl. The van der Waals surface area contributed by atoms with Crippen molar-refractivity contribution >= 4 is 33.2 Å². The third-order valence-corrected chi connectivity index (χ3v) is 3.73. The van der Waals surface area contributed by atoms with Crippen molar-refractivity contribution in [1.82, 2.24) is 0 Å². The van der Waals surface area contributed by atoms with E-state index in [2.05, 4.69) is 22.9 Å². The van der Waals surface area contributed by atoms with Gasteiger partial charge < -0.3 is 4.74 Å². The molecule has 0 fully saturated rings. The van der Waals surface area contributed by atoms with Crippen LogP contribution in [0.1, 0.15) is 19.8 Å². The first kappa shape index (κ1) is 15.2. The molecule has 0 N–H and O–H groups in total. The maximum Gasteiger partial charge on any atom is 0.271 e. The minimum absolute atomic E-state index is 0.0297. The normalized spacial score (nSPS) is 12.2. The van der Waals surface area contributed by atoms with E-state index >= 15 is 0 Å². The lowest BCUT2D eigenvalue weighted by Gasteiger charge is -2.14. The molecular formula is C12H15BrClNO3. The first-order chi connectivity index (χ1) is 8.58. The van der Waals surface area contributed by atoms with E-state index in [9.17, 15) is 10.1 Å². The van der Waals surface area contributed by atoms with Gasteiger partial charge in [0.1, 0.15) is 5.75 Å². The van der Waals surface area contributed by atoms with Crippen LogP contribution in [0.5, 0.6) is 5.75 Å². The summed E-state index contributed by atoms with van der Waals surface area (Å²) in [5, 5.41) is 11.7. The van der Waals surface area contributed by atoms with Gasteiger partial charge in [-0.3, -0.25) is 10.1 Å². The summed E-state index contributed by atoms with van der Waals surface area (Å²) in [5.74, 6) is 0.908. The van der Waals surface area contributed by atoms with Crippen LogP contribution in [-0.4, -0.2) is 16.9 Å². The van der Waals surface area contributed by atoms with E-state index in [1.54, 1.807) is 0 Å². The molecule has 0 aromatic heterocycles. The third kappa shape index (κ3) is 4.46. The van der Waals surface area contributed by atoms with Crippen molar-refractivity contribution in [1.29, 1.82) is 0 Å². The number of nitro benzene ring substituents is 1. The molecule has 0 aliphatic rings. The van der Waals surface area contributed by atoms with Crippen molar-refractivity contribution in [2.24, 2.45) is 5.92 Å². The zero-order chi connectivity index (χ0) is 13.5. The molecular weight excluding hydrogens is 321 g/mol. The Bertz CT molecular complexity index is 414. The summed E-state index contributed by atoms with van der Waals surface area (Å²) in [4.78, 5) is 10.1. The van der Waals surface area contributed by atoms with Gasteiger partial charge in [-0.15, -0.1) is 0 Å². The Labute approximate surface area is 120 Å². The van der Waals surface area contributed by atoms with Gasteiger partial charge in [0.05, 0.1) is 16.6 Å². The van der Waals surface area contributed by atoms with Gasteiger partial charge in [0.25, 0.3) is 5.69 Å². The quantitative estimate of drug-likeness (QED) is 0.420. The van der Waals surface area contributed by atoms with Crippen molar-refractivity contribution in [3.63, 3.8) is 0 Å². The molecule has 1 unspecified atom stereocenters. The van der Waals surface area contributed by atoms with Gasteiger partial charge in [-0.1, -0.05) is 40.9 Å². The van der Waals surface area contributed by atoms with Crippen LogP contribution in [0.3, 0.4) is 0 Å². The van der Waals surface area contributed by atoms with Gasteiger partial charge in [-0.2, -0.15) is 0 Å². The van der Waals surface area contributed by atoms with Crippen molar-refractivity contribution in [2.75, 3.05) is 11.9 Å². The van der Waals surface area contributed by atoms with Gasteiger partial charge in [-0.25, -0.2) is 0 Å². The van der Waals surface area contributed by atoms with Crippen LogP contribution in [0.2, 0.25) is 5.02 Å². The number of halogens is 2. The van der Waals surface area contributed by atoms with Crippen LogP contribution in [0, 0.1) is 16.0 Å². The van der Waals surface area contributed by atoms with Gasteiger partial charge in [0, 0.05) is 23.4 Å². The molecule has 18 heavy (non-hydrogen) atoms. The first-order valence-electron chi connectivity index (χ1n) is 5.71. The zero-order valence-electron chi connectivity index (χ0n) is 10.1. The second kappa shape index (κ2) is 7.59. The Hall–Kier alpha value is -0.810. The van der Waals surface area contributed by atoms with Crippen LogP contribution >= 0.6 is 27.5 Å². The molecule has 0 bridgehead atoms. The monoisotopic (exact) mass is 335 g/mol. The molecule has 100 valence electrons. The highest BCUT2D eigenvalue weighted by Crippen LogP contribution is 2.29. The van der Waals surface area contributed by atoms with Crippen LogP contribution < -0.4 is 4.74 Å². The molecule has 0 saturated heterocycles. The largest absolute Gasteiger partial charge is 0.492 e. The highest BCUT2D eigenvalue weighted by molar-refractivity contribution is 9.09. The van der Waals surface area contributed by atoms with Crippen LogP contribution in [0.4, 0.5) is 5.69 Å². The minimum Gasteiger partial charge on any atom is -0.492 e. The van der Waals surface area contributed by atoms with E-state index in [0.717, 1.165) is 18.2 Å². The molecule has 0 heterocycles. The Kier molecular flexibility index (Phi) is 6.43. The number of hydrogen-bond donors (Lipinski definition) is 0. The standard InChI is InChI=1S/C12H15BrClNO3/c1-2-3-9(7-13)8-18-12-5-4-10(15(16)17)6-11(12)14/h4-6,9H,2-3,7-8H2,1H3. The predicted octanol–water partition coefficient (Wildman–Crippen LogP) is 4.44. The van der Waals surface area contributed by atoms with E-state index in [4.69, 9.17) is 16.3 Å². The Morgan fingerprint density at radius 3 is 2.78 bits per heavy atom. The smallest absolute Gasteiger partial charge is 0.271 e. The number of benzene rings is 1. The first-order valence-corrected chi connectivity index (χ1v) is 7.21. The fourth-order valence-electron chi connectivity index (χ4n) is 1.54. The van der Waals surface area contributed by atoms with Crippen LogP contribution in [0.25, 0.3) is 0 Å². The summed E-state index contributed by atoms with van der Waals surface area (Å²) in [5.41, 5.74) is -0.0297. The van der Waals surface area contributed by atoms with Gasteiger partial charge in [0.2, 0.25) is 0 Å². The molecule has 1 atom stereocenters. The Morgan fingerprint density at radius 2 is 2.28 bits per heavy atom. The number of nitro groups is 1. The lowest BCUT2D eigenvalue weighted by molar-refractivity contribution is -0.384. The van der Waals surface area contributed by atoms with Crippen molar-refractivity contribution in [3.8, 4) is 5.75 Å². The molecule has 4 nitrogen and oxygen atoms in total. The average molecular weight is 337 g/mol. The number of non-ortho nitro benzene ring substituents is 1. The number of rotatable bonds is 7. The van der Waals surface area contributed by atoms with Crippen molar-refractivity contribution in [2.45, 2.75) is 19.8 Å². The summed E-state index contributed by atoms with van der Waals surface area (Å²) < 4.78 is 5.59. The second-order valence-electron chi connectivity index (χ2n) is 3.99. The van der Waals surface area contributed by atoms with Crippen molar-refractivity contribution in [3.05, 3.63) is 33.3 Å². The maximum absolute atomic E-state index is 10.6. The summed E-state index contributed by atoms with van der Waals surface area (Å²) in [6, 6.07) is 4.24. The van der Waals surface area contributed by atoms with Gasteiger partial charge >= 0.3 is 0 Å². The summed E-state index contributed by atoms with van der Waals surface area (Å²) in [6.07, 6.45) is 2.16. The maximum atomic E-state index is 10.6. The molecule has 6 heteroatoms. The van der Waals surface area contributed by atoms with Gasteiger partial charge in [0.15, 0.2) is 0 Å². The fourth-order valence-corrected chi connectivity index (χ4v) is 2.28. The van der Waals surface area contributed by atoms with Crippen LogP contribution in [-0.2, 0) is 0 Å². The molecule has 0 spiro atoms. The Balaban J connectivity index is 2.65. The van der Waals surface area contributed by atoms with E-state index in [1.165, 1.54) is 18.2 Å². The Morgan fingerprint density at radius 1 is 1.56 bits per heavy atom. The lowest BCUT2D eigenvalue weighted by atomic mass is 10.1. The summed E-state index contributed by atoms with van der Waals surface area (Å²) in [6.45, 7) is 2.67. The molecule has 1 aromatic carbocycles. The fraction of sp³-hybridized carbons (Fsp3) is 0.500. The summed E-state index contributed by atoms with van der Waals surface area (Å²) in [7, 11) is 0. The number of ether oxygens (including phenoxy) is 1. The number of nitrogens with zero attached hydrogens (tertiary/aromatic N) is 1. The predicted molar refractivity (Wildman–Crippen MR) is 75.8 cm³/mol. The van der Waals surface area contributed by atoms with E-state index in [0.29, 0.717) is 18.3 Å². The van der Waals surface area contributed by atoms with E-state index < -0.39 is 4.92 Å². The van der Waals surface area contributed by atoms with E-state index in [-0.39, 0.29) is 10.7 Å². The molecule has 1 rings (SSSR count). The van der Waals surface area contributed by atoms with Crippen molar-refractivity contribution < 1.29 is 9.66 Å². The second-order valence-corrected chi connectivity index (χ2v) is 5.05. The number of hydrogen-bond acceptors (Lipinski definition) is 3. The zero-order valence-corrected chi connectivity index (χ0v) is 12.4. The third-order valence-electron chi connectivity index (χ3n) is 2.52. The molecule has 0 radical (unpaired) electrons. The lowest BCUT2D eigenvalue weighted by Crippen LogP contribution is -2.13. The average Bonchev–Trinajstić information content (AvgIpc) is 2.35. The topological polar surface area (TPSA) is 52.4 Å². The molecule has 0 aliphatic heterocycles. The van der Waals surface area contributed by atoms with Gasteiger partial charge in [-0.05, 0) is 12.5 Å². The summed E-state index contributed by atoms with van der Waals surface area (Å²) >= 11 is 9.37.